The van der Waals surface area contributed by atoms with Crippen molar-refractivity contribution in [3.05, 3.63) is 92.3 Å². The summed E-state index contributed by atoms with van der Waals surface area (Å²) in [7, 11) is -2.46. The topological polar surface area (TPSA) is 76.4 Å². The Kier molecular flexibility index (Phi) is 7.39. The molecule has 0 saturated heterocycles. The standard InChI is InChI=1S/C23H17BrClNO4S/c1-29-22-13-17(11-20(14-26)31(27,28)19-5-3-2-4-6-19)12-21(24)23(22)30-15-16-7-9-18(25)10-8-16/h2-13H,15H2,1H3. The summed E-state index contributed by atoms with van der Waals surface area (Å²) in [6.07, 6.45) is 1.30. The molecule has 0 aliphatic carbocycles. The average molecular weight is 519 g/mol. The SMILES string of the molecule is COc1cc(C=C(C#N)S(=O)(=O)c2ccccc2)cc(Br)c1OCc1ccc(Cl)cc1. The first-order chi connectivity index (χ1) is 14.8. The summed E-state index contributed by atoms with van der Waals surface area (Å²) in [5, 5.41) is 10.1. The molecule has 31 heavy (non-hydrogen) atoms. The minimum atomic E-state index is -3.94. The number of nitrogens with zero attached hydrogens (tertiary/aromatic N) is 1. The van der Waals surface area contributed by atoms with Gasteiger partial charge in [-0.3, -0.25) is 0 Å². The highest BCUT2D eigenvalue weighted by atomic mass is 79.9. The molecular formula is C23H17BrClNO4S. The highest BCUT2D eigenvalue weighted by Crippen LogP contribution is 2.38. The third-order valence-corrected chi connectivity index (χ3v) is 6.82. The molecule has 0 aliphatic rings. The summed E-state index contributed by atoms with van der Waals surface area (Å²) in [5.74, 6) is 0.850. The number of halogens is 2. The monoisotopic (exact) mass is 517 g/mol. The Morgan fingerprint density at radius 3 is 2.42 bits per heavy atom. The second kappa shape index (κ2) is 10.0. The van der Waals surface area contributed by atoms with Crippen LogP contribution in [0.25, 0.3) is 6.08 Å². The quantitative estimate of drug-likeness (QED) is 0.357. The predicted molar refractivity (Wildman–Crippen MR) is 124 cm³/mol. The molecule has 0 bridgehead atoms. The molecule has 0 aromatic heterocycles. The van der Waals surface area contributed by atoms with Crippen LogP contribution in [-0.2, 0) is 16.4 Å². The van der Waals surface area contributed by atoms with Crippen LogP contribution in [0.3, 0.4) is 0 Å². The molecule has 8 heteroatoms. The molecule has 0 radical (unpaired) electrons. The number of hydrogen-bond donors (Lipinski definition) is 0. The smallest absolute Gasteiger partial charge is 0.216 e. The molecule has 158 valence electrons. The number of nitriles is 1. The van der Waals surface area contributed by atoms with E-state index >= 15 is 0 Å². The van der Waals surface area contributed by atoms with E-state index in [0.29, 0.717) is 26.6 Å². The Balaban J connectivity index is 1.93. The van der Waals surface area contributed by atoms with Gasteiger partial charge in [0.2, 0.25) is 9.84 Å². The minimum Gasteiger partial charge on any atom is -0.493 e. The van der Waals surface area contributed by atoms with Crippen LogP contribution in [0.4, 0.5) is 0 Å². The van der Waals surface area contributed by atoms with E-state index in [1.165, 1.54) is 25.3 Å². The average Bonchev–Trinajstić information content (AvgIpc) is 2.78. The van der Waals surface area contributed by atoms with Crippen LogP contribution < -0.4 is 9.47 Å². The molecule has 3 aromatic carbocycles. The number of methoxy groups -OCH3 is 1. The Labute approximate surface area is 194 Å². The molecule has 0 atom stereocenters. The van der Waals surface area contributed by atoms with Gasteiger partial charge in [0.05, 0.1) is 16.5 Å². The van der Waals surface area contributed by atoms with Crippen LogP contribution >= 0.6 is 27.5 Å². The first-order valence-corrected chi connectivity index (χ1v) is 11.7. The predicted octanol–water partition coefficient (Wildman–Crippen LogP) is 6.03. The summed E-state index contributed by atoms with van der Waals surface area (Å²) in [5.41, 5.74) is 1.39. The fraction of sp³-hybridized carbons (Fsp3) is 0.0870. The molecule has 3 rings (SSSR count). The molecule has 5 nitrogen and oxygen atoms in total. The van der Waals surface area contributed by atoms with E-state index in [-0.39, 0.29) is 16.4 Å². The van der Waals surface area contributed by atoms with Gasteiger partial charge in [-0.05, 0) is 69.5 Å². The maximum atomic E-state index is 12.8. The zero-order chi connectivity index (χ0) is 22.4. The Morgan fingerprint density at radius 2 is 1.81 bits per heavy atom. The number of hydrogen-bond acceptors (Lipinski definition) is 5. The van der Waals surface area contributed by atoms with Gasteiger partial charge in [-0.1, -0.05) is 41.9 Å². The Hall–Kier alpha value is -2.79. The molecule has 0 unspecified atom stereocenters. The molecular weight excluding hydrogens is 502 g/mol. The molecule has 0 saturated carbocycles. The van der Waals surface area contributed by atoms with Crippen molar-refractivity contribution in [2.75, 3.05) is 7.11 Å². The lowest BCUT2D eigenvalue weighted by Crippen LogP contribution is -2.03. The van der Waals surface area contributed by atoms with Crippen molar-refractivity contribution in [1.29, 1.82) is 5.26 Å². The van der Waals surface area contributed by atoms with Gasteiger partial charge in [-0.2, -0.15) is 5.26 Å². The number of allylic oxidation sites excluding steroid dienone is 1. The van der Waals surface area contributed by atoms with Crippen LogP contribution in [0.1, 0.15) is 11.1 Å². The summed E-state index contributed by atoms with van der Waals surface area (Å²) >= 11 is 9.35. The lowest BCUT2D eigenvalue weighted by atomic mass is 10.2. The summed E-state index contributed by atoms with van der Waals surface area (Å²) in [4.78, 5) is -0.320. The van der Waals surface area contributed by atoms with Crippen molar-refractivity contribution in [3.63, 3.8) is 0 Å². The molecule has 0 N–H and O–H groups in total. The van der Waals surface area contributed by atoms with Gasteiger partial charge in [-0.25, -0.2) is 8.42 Å². The Morgan fingerprint density at radius 1 is 1.13 bits per heavy atom. The van der Waals surface area contributed by atoms with Crippen molar-refractivity contribution in [3.8, 4) is 17.6 Å². The number of ether oxygens (including phenoxy) is 2. The van der Waals surface area contributed by atoms with E-state index < -0.39 is 9.84 Å². The third kappa shape index (κ3) is 5.47. The second-order valence-corrected chi connectivity index (χ2v) is 9.60. The van der Waals surface area contributed by atoms with Crippen LogP contribution in [-0.4, -0.2) is 15.5 Å². The van der Waals surface area contributed by atoms with E-state index in [0.717, 1.165) is 5.56 Å². The molecule has 0 fully saturated rings. The lowest BCUT2D eigenvalue weighted by molar-refractivity contribution is 0.282. The molecule has 0 spiro atoms. The maximum Gasteiger partial charge on any atom is 0.216 e. The first-order valence-electron chi connectivity index (χ1n) is 9.02. The summed E-state index contributed by atoms with van der Waals surface area (Å²) in [6, 6.07) is 20.1. The van der Waals surface area contributed by atoms with Crippen LogP contribution in [0.2, 0.25) is 5.02 Å². The highest BCUT2D eigenvalue weighted by molar-refractivity contribution is 9.10. The molecule has 0 aliphatic heterocycles. The van der Waals surface area contributed by atoms with Crippen molar-refractivity contribution in [1.82, 2.24) is 0 Å². The van der Waals surface area contributed by atoms with Gasteiger partial charge in [0.25, 0.3) is 0 Å². The highest BCUT2D eigenvalue weighted by Gasteiger charge is 2.21. The lowest BCUT2D eigenvalue weighted by Gasteiger charge is -2.14. The number of sulfone groups is 1. The third-order valence-electron chi connectivity index (χ3n) is 4.30. The molecule has 0 amide bonds. The summed E-state index contributed by atoms with van der Waals surface area (Å²) in [6.45, 7) is 0.285. The van der Waals surface area contributed by atoms with Gasteiger partial charge < -0.3 is 9.47 Å². The van der Waals surface area contributed by atoms with Gasteiger partial charge in [0.15, 0.2) is 11.5 Å². The Bertz CT molecular complexity index is 1250. The minimum absolute atomic E-state index is 0.0525. The van der Waals surface area contributed by atoms with Crippen molar-refractivity contribution >= 4 is 43.4 Å². The molecule has 0 heterocycles. The van der Waals surface area contributed by atoms with Crippen molar-refractivity contribution in [2.24, 2.45) is 0 Å². The normalized spacial score (nSPS) is 11.6. The molecule has 3 aromatic rings. The van der Waals surface area contributed by atoms with Crippen molar-refractivity contribution in [2.45, 2.75) is 11.5 Å². The summed E-state index contributed by atoms with van der Waals surface area (Å²) < 4.78 is 37.4. The first kappa shape index (κ1) is 22.9. The zero-order valence-electron chi connectivity index (χ0n) is 16.4. The second-order valence-electron chi connectivity index (χ2n) is 6.39. The van der Waals surface area contributed by atoms with Crippen molar-refractivity contribution < 1.29 is 17.9 Å². The van der Waals surface area contributed by atoms with E-state index in [4.69, 9.17) is 21.1 Å². The van der Waals surface area contributed by atoms with Crippen LogP contribution in [0, 0.1) is 11.3 Å². The van der Waals surface area contributed by atoms with Gasteiger partial charge in [0, 0.05) is 5.02 Å². The number of benzene rings is 3. The fourth-order valence-corrected chi connectivity index (χ4v) is 4.63. The van der Waals surface area contributed by atoms with E-state index in [1.807, 2.05) is 12.1 Å². The van der Waals surface area contributed by atoms with E-state index in [2.05, 4.69) is 15.9 Å². The van der Waals surface area contributed by atoms with E-state index in [1.54, 1.807) is 48.5 Å². The largest absolute Gasteiger partial charge is 0.493 e. The maximum absolute atomic E-state index is 12.8. The zero-order valence-corrected chi connectivity index (χ0v) is 19.5. The van der Waals surface area contributed by atoms with Crippen LogP contribution in [0.5, 0.6) is 11.5 Å². The van der Waals surface area contributed by atoms with Crippen LogP contribution in [0.15, 0.2) is 81.0 Å². The van der Waals surface area contributed by atoms with Gasteiger partial charge >= 0.3 is 0 Å². The van der Waals surface area contributed by atoms with Gasteiger partial charge in [0.1, 0.15) is 17.6 Å². The van der Waals surface area contributed by atoms with E-state index in [9.17, 15) is 13.7 Å². The fourth-order valence-electron chi connectivity index (χ4n) is 2.75. The van der Waals surface area contributed by atoms with Gasteiger partial charge in [-0.15, -0.1) is 0 Å². The number of rotatable bonds is 7.